The minimum atomic E-state index is -0.218. The van der Waals surface area contributed by atoms with Crippen LogP contribution in [0.15, 0.2) is 42.6 Å². The van der Waals surface area contributed by atoms with Gasteiger partial charge in [-0.05, 0) is 82.5 Å². The van der Waals surface area contributed by atoms with E-state index in [0.717, 1.165) is 33.8 Å². The number of fused-ring (bicyclic) bond motifs is 1. The van der Waals surface area contributed by atoms with Gasteiger partial charge in [0.05, 0.1) is 30.2 Å². The molecule has 1 N–H and O–H groups in total. The molecule has 0 aliphatic heterocycles. The number of benzene rings is 2. The molecule has 7 heteroatoms. The van der Waals surface area contributed by atoms with Crippen molar-refractivity contribution >= 4 is 17.2 Å². The molecule has 1 amide bonds. The summed E-state index contributed by atoms with van der Waals surface area (Å²) in [6.45, 7) is 12.9. The minimum absolute atomic E-state index is 0.218. The molecule has 0 radical (unpaired) electrons. The maximum absolute atomic E-state index is 13.0. The minimum Gasteiger partial charge on any atom is -0.490 e. The number of hydrogen-bond donors (Lipinski definition) is 1. The summed E-state index contributed by atoms with van der Waals surface area (Å²) in [6, 6.07) is 11.7. The number of hydrogen-bond acceptors (Lipinski definition) is 5. The number of nitrogens with zero attached hydrogens (tertiary/aromatic N) is 3. The lowest BCUT2D eigenvalue weighted by atomic mass is 10.1. The summed E-state index contributed by atoms with van der Waals surface area (Å²) < 4.78 is 13.2. The number of aromatic nitrogens is 3. The van der Waals surface area contributed by atoms with Gasteiger partial charge in [0.15, 0.2) is 17.1 Å². The molecule has 2 aromatic heterocycles. The van der Waals surface area contributed by atoms with Crippen LogP contribution in [0.5, 0.6) is 11.5 Å². The molecule has 0 saturated carbocycles. The van der Waals surface area contributed by atoms with Gasteiger partial charge in [0.25, 0.3) is 5.91 Å². The fourth-order valence-electron chi connectivity index (χ4n) is 3.99. The van der Waals surface area contributed by atoms with E-state index in [1.54, 1.807) is 10.7 Å². The predicted octanol–water partition coefficient (Wildman–Crippen LogP) is 5.68. The van der Waals surface area contributed by atoms with Crippen LogP contribution in [0.4, 0.5) is 5.69 Å². The zero-order valence-corrected chi connectivity index (χ0v) is 20.5. The molecule has 2 aromatic carbocycles. The maximum Gasteiger partial charge on any atom is 0.259 e. The van der Waals surface area contributed by atoms with Gasteiger partial charge in [-0.2, -0.15) is 5.10 Å². The average Bonchev–Trinajstić information content (AvgIpc) is 3.15. The Morgan fingerprint density at radius 1 is 0.941 bits per heavy atom. The number of carbonyl (C=O) groups excluding carboxylic acids is 1. The summed E-state index contributed by atoms with van der Waals surface area (Å²) in [6.07, 6.45) is 1.61. The third-order valence-corrected chi connectivity index (χ3v) is 5.90. The first-order valence-electron chi connectivity index (χ1n) is 11.5. The SMILES string of the molecule is CCOc1ccc(-c2c(C)nn3c(C)c(C(=O)Nc4ccc(C)c(C)c4)cnc23)cc1OCC. The summed E-state index contributed by atoms with van der Waals surface area (Å²) in [5, 5.41) is 7.68. The molecule has 4 rings (SSSR count). The molecular formula is C27H30N4O3. The van der Waals surface area contributed by atoms with Crippen molar-refractivity contribution in [2.75, 3.05) is 18.5 Å². The first kappa shape index (κ1) is 23.3. The summed E-state index contributed by atoms with van der Waals surface area (Å²) >= 11 is 0. The van der Waals surface area contributed by atoms with Gasteiger partial charge in [-0.3, -0.25) is 4.79 Å². The van der Waals surface area contributed by atoms with Crippen LogP contribution in [0.25, 0.3) is 16.8 Å². The Bertz CT molecular complexity index is 1370. The molecule has 176 valence electrons. The van der Waals surface area contributed by atoms with Gasteiger partial charge in [-0.15, -0.1) is 0 Å². The zero-order valence-electron chi connectivity index (χ0n) is 20.5. The van der Waals surface area contributed by atoms with Gasteiger partial charge in [0.1, 0.15) is 0 Å². The first-order valence-corrected chi connectivity index (χ1v) is 11.5. The van der Waals surface area contributed by atoms with Gasteiger partial charge in [0.2, 0.25) is 0 Å². The van der Waals surface area contributed by atoms with Crippen molar-refractivity contribution in [1.29, 1.82) is 0 Å². The van der Waals surface area contributed by atoms with Gasteiger partial charge in [-0.25, -0.2) is 9.50 Å². The molecule has 34 heavy (non-hydrogen) atoms. The van der Waals surface area contributed by atoms with E-state index in [4.69, 9.17) is 14.6 Å². The van der Waals surface area contributed by atoms with E-state index in [-0.39, 0.29) is 5.91 Å². The second-order valence-electron chi connectivity index (χ2n) is 8.23. The fourth-order valence-corrected chi connectivity index (χ4v) is 3.99. The van der Waals surface area contributed by atoms with Gasteiger partial charge in [-0.1, -0.05) is 12.1 Å². The van der Waals surface area contributed by atoms with E-state index in [1.807, 2.05) is 77.9 Å². The van der Waals surface area contributed by atoms with Crippen molar-refractivity contribution in [2.24, 2.45) is 0 Å². The van der Waals surface area contributed by atoms with E-state index >= 15 is 0 Å². The highest BCUT2D eigenvalue weighted by molar-refractivity contribution is 6.05. The average molecular weight is 459 g/mol. The van der Waals surface area contributed by atoms with E-state index in [1.165, 1.54) is 5.56 Å². The van der Waals surface area contributed by atoms with E-state index < -0.39 is 0 Å². The number of amides is 1. The topological polar surface area (TPSA) is 77.8 Å². The Labute approximate surface area is 199 Å². The van der Waals surface area contributed by atoms with E-state index in [9.17, 15) is 4.79 Å². The zero-order chi connectivity index (χ0) is 24.4. The van der Waals surface area contributed by atoms with Crippen LogP contribution in [0.2, 0.25) is 0 Å². The number of rotatable bonds is 7. The molecule has 2 heterocycles. The monoisotopic (exact) mass is 458 g/mol. The summed E-state index contributed by atoms with van der Waals surface area (Å²) in [4.78, 5) is 17.7. The fraction of sp³-hybridized carbons (Fsp3) is 0.296. The highest BCUT2D eigenvalue weighted by atomic mass is 16.5. The van der Waals surface area contributed by atoms with Crippen molar-refractivity contribution in [3.63, 3.8) is 0 Å². The normalized spacial score (nSPS) is 11.0. The molecule has 4 aromatic rings. The highest BCUT2D eigenvalue weighted by Gasteiger charge is 2.20. The summed E-state index contributed by atoms with van der Waals surface area (Å²) in [5.74, 6) is 1.17. The van der Waals surface area contributed by atoms with Crippen LogP contribution >= 0.6 is 0 Å². The number of ether oxygens (including phenoxy) is 2. The van der Waals surface area contributed by atoms with Gasteiger partial charge in [0, 0.05) is 17.4 Å². The predicted molar refractivity (Wildman–Crippen MR) is 134 cm³/mol. The van der Waals surface area contributed by atoms with Gasteiger partial charge >= 0.3 is 0 Å². The van der Waals surface area contributed by atoms with Crippen LogP contribution in [0.3, 0.4) is 0 Å². The number of anilines is 1. The third-order valence-electron chi connectivity index (χ3n) is 5.90. The Morgan fingerprint density at radius 3 is 2.38 bits per heavy atom. The van der Waals surface area contributed by atoms with E-state index in [0.29, 0.717) is 35.9 Å². The largest absolute Gasteiger partial charge is 0.490 e. The standard InChI is InChI=1S/C27H30N4O3/c1-7-33-23-12-10-20(14-24(23)34-8-2)25-18(5)30-31-19(6)22(15-28-26(25)31)27(32)29-21-11-9-16(3)17(4)13-21/h9-15H,7-8H2,1-6H3,(H,29,32). The Morgan fingerprint density at radius 2 is 1.68 bits per heavy atom. The number of aryl methyl sites for hydroxylation is 4. The molecular weight excluding hydrogens is 428 g/mol. The lowest BCUT2D eigenvalue weighted by molar-refractivity contribution is 0.102. The molecule has 0 saturated heterocycles. The second-order valence-corrected chi connectivity index (χ2v) is 8.23. The molecule has 0 aliphatic carbocycles. The number of nitrogens with one attached hydrogen (secondary N) is 1. The summed E-state index contributed by atoms with van der Waals surface area (Å²) in [5.41, 5.74) is 7.57. The van der Waals surface area contributed by atoms with Crippen molar-refractivity contribution in [1.82, 2.24) is 14.6 Å². The van der Waals surface area contributed by atoms with Crippen molar-refractivity contribution in [3.05, 3.63) is 70.7 Å². The molecule has 0 fully saturated rings. The third kappa shape index (κ3) is 4.33. The molecule has 0 unspecified atom stereocenters. The van der Waals surface area contributed by atoms with Gasteiger partial charge < -0.3 is 14.8 Å². The molecule has 7 nitrogen and oxygen atoms in total. The highest BCUT2D eigenvalue weighted by Crippen LogP contribution is 2.36. The molecule has 0 spiro atoms. The smallest absolute Gasteiger partial charge is 0.259 e. The molecule has 0 bridgehead atoms. The maximum atomic E-state index is 13.0. The summed E-state index contributed by atoms with van der Waals surface area (Å²) in [7, 11) is 0. The van der Waals surface area contributed by atoms with Crippen LogP contribution in [-0.2, 0) is 0 Å². The molecule has 0 aliphatic rings. The van der Waals surface area contributed by atoms with Crippen molar-refractivity contribution in [3.8, 4) is 22.6 Å². The van der Waals surface area contributed by atoms with Crippen LogP contribution in [0.1, 0.15) is 46.7 Å². The van der Waals surface area contributed by atoms with Crippen LogP contribution in [-0.4, -0.2) is 33.7 Å². The van der Waals surface area contributed by atoms with Crippen LogP contribution < -0.4 is 14.8 Å². The molecule has 0 atom stereocenters. The van der Waals surface area contributed by atoms with Crippen molar-refractivity contribution < 1.29 is 14.3 Å². The Kier molecular flexibility index (Phi) is 6.54. The van der Waals surface area contributed by atoms with Crippen LogP contribution in [0, 0.1) is 27.7 Å². The second kappa shape index (κ2) is 9.55. The van der Waals surface area contributed by atoms with Crippen molar-refractivity contribution in [2.45, 2.75) is 41.5 Å². The Balaban J connectivity index is 1.73. The lowest BCUT2D eigenvalue weighted by Crippen LogP contribution is -2.16. The number of carbonyl (C=O) groups is 1. The first-order chi connectivity index (χ1) is 16.3. The quantitative estimate of drug-likeness (QED) is 0.386. The van der Waals surface area contributed by atoms with E-state index in [2.05, 4.69) is 10.3 Å². The Hall–Kier alpha value is -3.87. The lowest BCUT2D eigenvalue weighted by Gasteiger charge is -2.13.